The van der Waals surface area contributed by atoms with Crippen molar-refractivity contribution in [3.63, 3.8) is 0 Å². The first-order valence-corrected chi connectivity index (χ1v) is 20.8. The highest BCUT2D eigenvalue weighted by atomic mass is 14.2. The van der Waals surface area contributed by atoms with Crippen LogP contribution in [0.5, 0.6) is 0 Å². The van der Waals surface area contributed by atoms with E-state index < -0.39 is 0 Å². The molecule has 0 heteroatoms. The number of benzene rings is 12. The Hall–Kier alpha value is -7.80. The van der Waals surface area contributed by atoms with Crippen LogP contribution in [-0.4, -0.2) is 0 Å². The Morgan fingerprint density at radius 2 is 0.500 bits per heavy atom. The molecule has 0 saturated carbocycles. The highest BCUT2D eigenvalue weighted by Gasteiger charge is 2.21. The fraction of sp³-hybridized carbons (Fsp3) is 0. The van der Waals surface area contributed by atoms with Gasteiger partial charge in [0.25, 0.3) is 0 Å². The van der Waals surface area contributed by atoms with Crippen molar-refractivity contribution in [1.29, 1.82) is 0 Å². The minimum atomic E-state index is 1.20. The molecule has 0 aromatic heterocycles. The van der Waals surface area contributed by atoms with Gasteiger partial charge in [0.15, 0.2) is 0 Å². The molecule has 0 bridgehead atoms. The first kappa shape index (κ1) is 34.3. The molecule has 0 saturated heterocycles. The first-order valence-electron chi connectivity index (χ1n) is 20.8. The van der Waals surface area contributed by atoms with E-state index in [0.29, 0.717) is 0 Å². The van der Waals surface area contributed by atoms with Crippen molar-refractivity contribution in [3.05, 3.63) is 231 Å². The van der Waals surface area contributed by atoms with Crippen molar-refractivity contribution in [2.75, 3.05) is 0 Å². The Bertz CT molecular complexity index is 3650. The zero-order chi connectivity index (χ0) is 39.6. The third kappa shape index (κ3) is 5.76. The molecule has 60 heavy (non-hydrogen) atoms. The summed E-state index contributed by atoms with van der Waals surface area (Å²) in [5.41, 5.74) is 12.2. The summed E-state index contributed by atoms with van der Waals surface area (Å²) in [6, 6.07) is 85.6. The van der Waals surface area contributed by atoms with Gasteiger partial charge >= 0.3 is 0 Å². The van der Waals surface area contributed by atoms with Gasteiger partial charge in [0, 0.05) is 0 Å². The van der Waals surface area contributed by atoms with Gasteiger partial charge in [-0.3, -0.25) is 0 Å². The Labute approximate surface area is 349 Å². The van der Waals surface area contributed by atoms with Crippen LogP contribution >= 0.6 is 0 Å². The molecule has 0 radical (unpaired) electrons. The molecule has 0 fully saturated rings. The van der Waals surface area contributed by atoms with Gasteiger partial charge in [-0.25, -0.2) is 0 Å². The van der Waals surface area contributed by atoms with E-state index in [1.165, 1.54) is 120 Å². The zero-order valence-corrected chi connectivity index (χ0v) is 32.9. The lowest BCUT2D eigenvalue weighted by atomic mass is 9.82. The van der Waals surface area contributed by atoms with Crippen LogP contribution in [0.25, 0.3) is 120 Å². The van der Waals surface area contributed by atoms with Gasteiger partial charge in [-0.2, -0.15) is 0 Å². The largest absolute Gasteiger partial charge is 0.0622 e. The SMILES string of the molecule is c1ccc(-c2cc3ccccc3cc2-c2ccc3c(c2)c(-c2ccc4ccccc4c2)c(-c2ccc4ccccc4c2)c2cc(-c4ccc5ccccc5c4)ccc23)cc1. The fourth-order valence-corrected chi connectivity index (χ4v) is 9.58. The molecule has 278 valence electrons. The molecule has 12 aromatic carbocycles. The highest BCUT2D eigenvalue weighted by Crippen LogP contribution is 2.48. The molecule has 0 aliphatic heterocycles. The zero-order valence-electron chi connectivity index (χ0n) is 32.9. The standard InChI is InChI=1S/C60H38/c1-2-15-42(16-3-1)55-35-46-20-10-11-21-47(46)36-56(55)50-29-31-54-53-30-28-49(48-25-22-39-12-4-7-17-43(39)32-48)37-57(53)59(51-26-23-40-13-5-8-18-44(40)33-51)60(58(54)38-50)52-27-24-41-14-6-9-19-45(41)34-52/h1-38H. The van der Waals surface area contributed by atoms with Crippen molar-refractivity contribution < 1.29 is 0 Å². The summed E-state index contributed by atoms with van der Waals surface area (Å²) in [5, 5.41) is 14.9. The summed E-state index contributed by atoms with van der Waals surface area (Å²) in [6.07, 6.45) is 0. The van der Waals surface area contributed by atoms with Crippen LogP contribution in [0, 0.1) is 0 Å². The lowest BCUT2D eigenvalue weighted by molar-refractivity contribution is 1.61. The minimum Gasteiger partial charge on any atom is -0.0622 e. The summed E-state index contributed by atoms with van der Waals surface area (Å²) >= 11 is 0. The van der Waals surface area contributed by atoms with Crippen molar-refractivity contribution >= 4 is 64.6 Å². The second kappa shape index (κ2) is 13.9. The van der Waals surface area contributed by atoms with Gasteiger partial charge in [-0.1, -0.05) is 188 Å². The maximum absolute atomic E-state index is 2.47. The molecule has 0 aliphatic rings. The number of rotatable bonds is 5. The van der Waals surface area contributed by atoms with Crippen LogP contribution in [0.1, 0.15) is 0 Å². The predicted octanol–water partition coefficient (Wildman–Crippen LogP) is 16.9. The number of fused-ring (bicyclic) bond motifs is 7. The van der Waals surface area contributed by atoms with Crippen molar-refractivity contribution in [1.82, 2.24) is 0 Å². The smallest absolute Gasteiger partial charge is 0.00199 e. The van der Waals surface area contributed by atoms with Crippen LogP contribution in [-0.2, 0) is 0 Å². The second-order valence-electron chi connectivity index (χ2n) is 16.1. The molecule has 12 aromatic rings. The maximum atomic E-state index is 2.47. The van der Waals surface area contributed by atoms with Crippen molar-refractivity contribution in [2.45, 2.75) is 0 Å². The fourth-order valence-electron chi connectivity index (χ4n) is 9.58. The van der Waals surface area contributed by atoms with Crippen molar-refractivity contribution in [2.24, 2.45) is 0 Å². The quantitative estimate of drug-likeness (QED) is 0.153. The Morgan fingerprint density at radius 1 is 0.167 bits per heavy atom. The van der Waals surface area contributed by atoms with E-state index >= 15 is 0 Å². The van der Waals surface area contributed by atoms with Crippen LogP contribution in [0.3, 0.4) is 0 Å². The summed E-state index contributed by atoms with van der Waals surface area (Å²) < 4.78 is 0. The Morgan fingerprint density at radius 3 is 1.00 bits per heavy atom. The predicted molar refractivity (Wildman–Crippen MR) is 259 cm³/mol. The molecular weight excluding hydrogens is 721 g/mol. The van der Waals surface area contributed by atoms with E-state index in [1.54, 1.807) is 0 Å². The van der Waals surface area contributed by atoms with E-state index in [9.17, 15) is 0 Å². The van der Waals surface area contributed by atoms with E-state index in [-0.39, 0.29) is 0 Å². The minimum absolute atomic E-state index is 1.20. The molecule has 0 aliphatic carbocycles. The van der Waals surface area contributed by atoms with Crippen LogP contribution < -0.4 is 0 Å². The molecular formula is C60H38. The lowest BCUT2D eigenvalue weighted by Crippen LogP contribution is -1.94. The average molecular weight is 759 g/mol. The topological polar surface area (TPSA) is 0 Å². The van der Waals surface area contributed by atoms with Crippen LogP contribution in [0.4, 0.5) is 0 Å². The normalized spacial score (nSPS) is 11.7. The van der Waals surface area contributed by atoms with Crippen LogP contribution in [0.15, 0.2) is 231 Å². The first-order chi connectivity index (χ1) is 29.7. The molecule has 0 amide bonds. The number of hydrogen-bond donors (Lipinski definition) is 0. The summed E-state index contributed by atoms with van der Waals surface area (Å²) in [7, 11) is 0. The Kier molecular flexibility index (Phi) is 7.96. The summed E-state index contributed by atoms with van der Waals surface area (Å²) in [4.78, 5) is 0. The van der Waals surface area contributed by atoms with E-state index in [1.807, 2.05) is 0 Å². The maximum Gasteiger partial charge on any atom is -0.00199 e. The van der Waals surface area contributed by atoms with E-state index in [2.05, 4.69) is 231 Å². The summed E-state index contributed by atoms with van der Waals surface area (Å²) in [5.74, 6) is 0. The second-order valence-corrected chi connectivity index (χ2v) is 16.1. The lowest BCUT2D eigenvalue weighted by Gasteiger charge is -2.21. The van der Waals surface area contributed by atoms with Gasteiger partial charge in [0.05, 0.1) is 0 Å². The van der Waals surface area contributed by atoms with Gasteiger partial charge in [0.1, 0.15) is 0 Å². The summed E-state index contributed by atoms with van der Waals surface area (Å²) in [6.45, 7) is 0. The molecule has 0 atom stereocenters. The third-order valence-corrected chi connectivity index (χ3v) is 12.6. The van der Waals surface area contributed by atoms with E-state index in [4.69, 9.17) is 0 Å². The van der Waals surface area contributed by atoms with E-state index in [0.717, 1.165) is 0 Å². The average Bonchev–Trinajstić information content (AvgIpc) is 3.32. The third-order valence-electron chi connectivity index (χ3n) is 12.6. The van der Waals surface area contributed by atoms with Crippen molar-refractivity contribution in [3.8, 4) is 55.6 Å². The number of hydrogen-bond acceptors (Lipinski definition) is 0. The molecule has 0 spiro atoms. The molecule has 0 unspecified atom stereocenters. The van der Waals surface area contributed by atoms with Gasteiger partial charge in [0.2, 0.25) is 0 Å². The molecule has 0 N–H and O–H groups in total. The molecule has 0 heterocycles. The highest BCUT2D eigenvalue weighted by molar-refractivity contribution is 6.23. The van der Waals surface area contributed by atoms with Gasteiger partial charge in [-0.15, -0.1) is 0 Å². The molecule has 0 nitrogen and oxygen atoms in total. The van der Waals surface area contributed by atoms with Gasteiger partial charge in [-0.05, 0) is 163 Å². The molecule has 12 rings (SSSR count). The Balaban J connectivity index is 1.21. The monoisotopic (exact) mass is 758 g/mol. The van der Waals surface area contributed by atoms with Crippen LogP contribution in [0.2, 0.25) is 0 Å². The van der Waals surface area contributed by atoms with Gasteiger partial charge < -0.3 is 0 Å².